The highest BCUT2D eigenvalue weighted by Gasteiger charge is 2.07. The summed E-state index contributed by atoms with van der Waals surface area (Å²) in [4.78, 5) is 20.7. The van der Waals surface area contributed by atoms with Crippen molar-refractivity contribution in [2.45, 2.75) is 13.3 Å². The van der Waals surface area contributed by atoms with Crippen molar-refractivity contribution in [1.29, 1.82) is 0 Å². The number of carbonyl (C=O) groups is 1. The van der Waals surface area contributed by atoms with Gasteiger partial charge in [0.05, 0.1) is 11.0 Å². The van der Waals surface area contributed by atoms with Crippen LogP contribution in [0.15, 0.2) is 54.9 Å². The van der Waals surface area contributed by atoms with Gasteiger partial charge in [-0.15, -0.1) is 0 Å². The summed E-state index contributed by atoms with van der Waals surface area (Å²) < 4.78 is 0. The number of rotatable bonds is 3. The predicted octanol–water partition coefficient (Wildman–Crippen LogP) is 3.44. The van der Waals surface area contributed by atoms with Crippen molar-refractivity contribution in [3.8, 4) is 0 Å². The molecule has 3 rings (SSSR count). The van der Waals surface area contributed by atoms with E-state index in [1.54, 1.807) is 30.6 Å². The fourth-order valence-corrected chi connectivity index (χ4v) is 2.13. The molecule has 4 heteroatoms. The summed E-state index contributed by atoms with van der Waals surface area (Å²) >= 11 is 0. The Kier molecular flexibility index (Phi) is 3.60. The highest BCUT2D eigenvalue weighted by atomic mass is 16.1. The minimum absolute atomic E-state index is 0.146. The number of amides is 1. The number of carbonyl (C=O) groups excluding carboxylic acids is 1. The summed E-state index contributed by atoms with van der Waals surface area (Å²) in [6, 6.07) is 13.2. The zero-order chi connectivity index (χ0) is 14.7. The molecule has 0 saturated carbocycles. The molecule has 1 amide bonds. The second kappa shape index (κ2) is 5.71. The molecule has 0 spiro atoms. The number of aromatic nitrogens is 2. The van der Waals surface area contributed by atoms with Crippen LogP contribution in [0.4, 0.5) is 5.69 Å². The standard InChI is InChI=1S/C17H15N3O/c1-2-12-3-6-14(7-4-12)20-17(21)13-5-8-15-16(11-13)19-10-9-18-15/h3-11H,2H2,1H3,(H,20,21). The molecule has 0 aliphatic heterocycles. The number of benzene rings is 2. The Hall–Kier alpha value is -2.75. The van der Waals surface area contributed by atoms with Gasteiger partial charge in [0.1, 0.15) is 0 Å². The van der Waals surface area contributed by atoms with E-state index in [2.05, 4.69) is 22.2 Å². The van der Waals surface area contributed by atoms with E-state index in [-0.39, 0.29) is 5.91 Å². The molecular formula is C17H15N3O. The molecule has 4 nitrogen and oxygen atoms in total. The quantitative estimate of drug-likeness (QED) is 0.797. The summed E-state index contributed by atoms with van der Waals surface area (Å²) in [5, 5.41) is 2.89. The van der Waals surface area contributed by atoms with Crippen LogP contribution in [0.25, 0.3) is 11.0 Å². The average molecular weight is 277 g/mol. The Bertz CT molecular complexity index is 781. The van der Waals surface area contributed by atoms with Crippen molar-refractivity contribution in [2.75, 3.05) is 5.32 Å². The van der Waals surface area contributed by atoms with Crippen LogP contribution in [-0.4, -0.2) is 15.9 Å². The number of hydrogen-bond acceptors (Lipinski definition) is 3. The maximum atomic E-state index is 12.3. The monoisotopic (exact) mass is 277 g/mol. The maximum absolute atomic E-state index is 12.3. The first-order valence-corrected chi connectivity index (χ1v) is 6.87. The van der Waals surface area contributed by atoms with Gasteiger partial charge in [0, 0.05) is 23.6 Å². The molecular weight excluding hydrogens is 262 g/mol. The molecule has 104 valence electrons. The predicted molar refractivity (Wildman–Crippen MR) is 83.3 cm³/mol. The van der Waals surface area contributed by atoms with Crippen LogP contribution < -0.4 is 5.32 Å². The van der Waals surface area contributed by atoms with Gasteiger partial charge >= 0.3 is 0 Å². The molecule has 1 N–H and O–H groups in total. The Balaban J connectivity index is 1.82. The highest BCUT2D eigenvalue weighted by molar-refractivity contribution is 6.05. The summed E-state index contributed by atoms with van der Waals surface area (Å²) in [6.07, 6.45) is 4.24. The number of hydrogen-bond donors (Lipinski definition) is 1. The van der Waals surface area contributed by atoms with E-state index in [1.165, 1.54) is 5.56 Å². The van der Waals surface area contributed by atoms with Gasteiger partial charge in [-0.2, -0.15) is 0 Å². The first-order chi connectivity index (χ1) is 10.3. The van der Waals surface area contributed by atoms with Crippen LogP contribution in [0.3, 0.4) is 0 Å². The number of nitrogens with zero attached hydrogens (tertiary/aromatic N) is 2. The van der Waals surface area contributed by atoms with E-state index in [0.29, 0.717) is 11.1 Å². The fraction of sp³-hybridized carbons (Fsp3) is 0.118. The number of fused-ring (bicyclic) bond motifs is 1. The lowest BCUT2D eigenvalue weighted by Crippen LogP contribution is -2.11. The van der Waals surface area contributed by atoms with Crippen molar-refractivity contribution in [1.82, 2.24) is 9.97 Å². The Morgan fingerprint density at radius 3 is 2.43 bits per heavy atom. The molecule has 1 aromatic heterocycles. The largest absolute Gasteiger partial charge is 0.322 e. The van der Waals surface area contributed by atoms with Gasteiger partial charge in [0.2, 0.25) is 0 Å². The van der Waals surface area contributed by atoms with Crippen molar-refractivity contribution < 1.29 is 4.79 Å². The SMILES string of the molecule is CCc1ccc(NC(=O)c2ccc3nccnc3c2)cc1. The van der Waals surface area contributed by atoms with Crippen LogP contribution in [0.1, 0.15) is 22.8 Å². The van der Waals surface area contributed by atoms with E-state index >= 15 is 0 Å². The molecule has 21 heavy (non-hydrogen) atoms. The molecule has 0 bridgehead atoms. The Labute approximate surface area is 122 Å². The van der Waals surface area contributed by atoms with Gasteiger partial charge in [-0.05, 0) is 42.3 Å². The third-order valence-electron chi connectivity index (χ3n) is 3.35. The molecule has 0 aliphatic carbocycles. The molecule has 0 atom stereocenters. The minimum atomic E-state index is -0.146. The first kappa shape index (κ1) is 13.2. The second-order valence-electron chi connectivity index (χ2n) is 4.76. The number of nitrogens with one attached hydrogen (secondary N) is 1. The second-order valence-corrected chi connectivity index (χ2v) is 4.76. The topological polar surface area (TPSA) is 54.9 Å². The summed E-state index contributed by atoms with van der Waals surface area (Å²) in [5.74, 6) is -0.146. The van der Waals surface area contributed by atoms with Gasteiger partial charge in [-0.3, -0.25) is 14.8 Å². The lowest BCUT2D eigenvalue weighted by atomic mass is 10.1. The van der Waals surface area contributed by atoms with Crippen molar-refractivity contribution in [3.63, 3.8) is 0 Å². The molecule has 0 aliphatic rings. The van der Waals surface area contributed by atoms with Gasteiger partial charge in [-0.1, -0.05) is 19.1 Å². The zero-order valence-corrected chi connectivity index (χ0v) is 11.7. The molecule has 2 aromatic carbocycles. The maximum Gasteiger partial charge on any atom is 0.255 e. The molecule has 0 saturated heterocycles. The van der Waals surface area contributed by atoms with E-state index in [9.17, 15) is 4.79 Å². The van der Waals surface area contributed by atoms with Crippen LogP contribution >= 0.6 is 0 Å². The highest BCUT2D eigenvalue weighted by Crippen LogP contribution is 2.14. The molecule has 0 unspecified atom stereocenters. The summed E-state index contributed by atoms with van der Waals surface area (Å²) in [6.45, 7) is 2.10. The van der Waals surface area contributed by atoms with Gasteiger partial charge in [0.15, 0.2) is 0 Å². The average Bonchev–Trinajstić information content (AvgIpc) is 2.55. The van der Waals surface area contributed by atoms with E-state index < -0.39 is 0 Å². The summed E-state index contributed by atoms with van der Waals surface area (Å²) in [5.41, 5.74) is 4.10. The zero-order valence-electron chi connectivity index (χ0n) is 11.7. The number of anilines is 1. The van der Waals surface area contributed by atoms with E-state index in [4.69, 9.17) is 0 Å². The van der Waals surface area contributed by atoms with Gasteiger partial charge < -0.3 is 5.32 Å². The third-order valence-corrected chi connectivity index (χ3v) is 3.35. The Morgan fingerprint density at radius 1 is 1.00 bits per heavy atom. The lowest BCUT2D eigenvalue weighted by molar-refractivity contribution is 0.102. The van der Waals surface area contributed by atoms with Crippen LogP contribution in [0.5, 0.6) is 0 Å². The normalized spacial score (nSPS) is 10.5. The van der Waals surface area contributed by atoms with Crippen LogP contribution in [0.2, 0.25) is 0 Å². The molecule has 1 heterocycles. The van der Waals surface area contributed by atoms with E-state index in [1.807, 2.05) is 24.3 Å². The molecule has 0 fully saturated rings. The van der Waals surface area contributed by atoms with Crippen LogP contribution in [0, 0.1) is 0 Å². The first-order valence-electron chi connectivity index (χ1n) is 6.87. The molecule has 0 radical (unpaired) electrons. The Morgan fingerprint density at radius 2 is 1.71 bits per heavy atom. The van der Waals surface area contributed by atoms with Crippen molar-refractivity contribution >= 4 is 22.6 Å². The fourth-order valence-electron chi connectivity index (χ4n) is 2.13. The lowest BCUT2D eigenvalue weighted by Gasteiger charge is -2.06. The van der Waals surface area contributed by atoms with Crippen molar-refractivity contribution in [2.24, 2.45) is 0 Å². The summed E-state index contributed by atoms with van der Waals surface area (Å²) in [7, 11) is 0. The third kappa shape index (κ3) is 2.89. The van der Waals surface area contributed by atoms with Crippen LogP contribution in [-0.2, 0) is 6.42 Å². The van der Waals surface area contributed by atoms with Gasteiger partial charge in [-0.25, -0.2) is 0 Å². The molecule has 3 aromatic rings. The minimum Gasteiger partial charge on any atom is -0.322 e. The van der Waals surface area contributed by atoms with Gasteiger partial charge in [0.25, 0.3) is 5.91 Å². The smallest absolute Gasteiger partial charge is 0.255 e. The van der Waals surface area contributed by atoms with Crippen molar-refractivity contribution in [3.05, 3.63) is 66.0 Å². The van der Waals surface area contributed by atoms with E-state index in [0.717, 1.165) is 17.6 Å². The number of aryl methyl sites for hydroxylation is 1.